The van der Waals surface area contributed by atoms with Gasteiger partial charge in [-0.1, -0.05) is 36.4 Å². The number of benzene rings is 2. The van der Waals surface area contributed by atoms with Crippen LogP contribution in [-0.2, 0) is 0 Å². The Morgan fingerprint density at radius 1 is 0.824 bits per heavy atom. The Hall–Kier alpha value is -2.00. The summed E-state index contributed by atoms with van der Waals surface area (Å²) in [6.45, 7) is 0. The normalized spacial score (nSPS) is 9.18. The summed E-state index contributed by atoms with van der Waals surface area (Å²) < 4.78 is 0. The van der Waals surface area contributed by atoms with Crippen molar-refractivity contribution in [2.24, 2.45) is 5.73 Å². The fourth-order valence-electron chi connectivity index (χ4n) is 1.56. The van der Waals surface area contributed by atoms with E-state index in [9.17, 15) is 4.79 Å². The van der Waals surface area contributed by atoms with Gasteiger partial charge in [-0.25, -0.2) is 4.79 Å². The van der Waals surface area contributed by atoms with Crippen molar-refractivity contribution in [2.75, 3.05) is 4.90 Å². The average Bonchev–Trinajstić information content (AvgIpc) is 2.31. The van der Waals surface area contributed by atoms with E-state index in [1.807, 2.05) is 60.7 Å². The number of carbonyl (C=O) groups is 1. The van der Waals surface area contributed by atoms with Crippen LogP contribution in [0.15, 0.2) is 60.7 Å². The first kappa shape index (κ1) is 13.1. The van der Waals surface area contributed by atoms with Gasteiger partial charge >= 0.3 is 6.03 Å². The third-order valence-electron chi connectivity index (χ3n) is 2.25. The zero-order chi connectivity index (χ0) is 11.4. The number of nitrogens with zero attached hydrogens (tertiary/aromatic N) is 1. The molecule has 0 radical (unpaired) electrons. The Labute approximate surface area is 106 Å². The first-order valence-corrected chi connectivity index (χ1v) is 4.98. The minimum atomic E-state index is -0.489. The Morgan fingerprint density at radius 3 is 1.47 bits per heavy atom. The highest BCUT2D eigenvalue weighted by molar-refractivity contribution is 5.98. The SMILES string of the molecule is NC(=O)N(c1ccccc1)c1ccccc1.[Cl-]. The van der Waals surface area contributed by atoms with Crippen LogP contribution in [0.25, 0.3) is 0 Å². The Bertz CT molecular complexity index is 434. The molecule has 17 heavy (non-hydrogen) atoms. The van der Waals surface area contributed by atoms with Crippen molar-refractivity contribution in [3.63, 3.8) is 0 Å². The molecule has 88 valence electrons. The standard InChI is InChI=1S/C13H12N2O.ClH/c14-13(16)15(11-7-3-1-4-8-11)12-9-5-2-6-10-12;/h1-10H,(H2,14,16);1H/p-1. The van der Waals surface area contributed by atoms with E-state index in [1.165, 1.54) is 4.90 Å². The van der Waals surface area contributed by atoms with E-state index in [4.69, 9.17) is 5.73 Å². The van der Waals surface area contributed by atoms with Crippen molar-refractivity contribution >= 4 is 17.4 Å². The third-order valence-corrected chi connectivity index (χ3v) is 2.25. The lowest BCUT2D eigenvalue weighted by Gasteiger charge is -2.20. The van der Waals surface area contributed by atoms with Gasteiger partial charge in [0.2, 0.25) is 0 Å². The highest BCUT2D eigenvalue weighted by Crippen LogP contribution is 2.23. The molecular formula is C13H12ClN2O-. The minimum Gasteiger partial charge on any atom is -1.00 e. The van der Waals surface area contributed by atoms with Gasteiger partial charge in [-0.2, -0.15) is 0 Å². The van der Waals surface area contributed by atoms with Gasteiger partial charge in [-0.3, -0.25) is 4.90 Å². The van der Waals surface area contributed by atoms with Crippen LogP contribution in [0, 0.1) is 0 Å². The summed E-state index contributed by atoms with van der Waals surface area (Å²) >= 11 is 0. The van der Waals surface area contributed by atoms with Crippen LogP contribution in [0.5, 0.6) is 0 Å². The van der Waals surface area contributed by atoms with Crippen molar-refractivity contribution in [3.8, 4) is 0 Å². The van der Waals surface area contributed by atoms with Crippen LogP contribution >= 0.6 is 0 Å². The fraction of sp³-hybridized carbons (Fsp3) is 0. The molecule has 0 saturated heterocycles. The predicted molar refractivity (Wildman–Crippen MR) is 64.6 cm³/mol. The number of para-hydroxylation sites is 2. The summed E-state index contributed by atoms with van der Waals surface area (Å²) in [5.41, 5.74) is 6.92. The molecule has 0 fully saturated rings. The number of urea groups is 1. The van der Waals surface area contributed by atoms with Gasteiger partial charge in [0.05, 0.1) is 11.4 Å². The maximum absolute atomic E-state index is 11.4. The van der Waals surface area contributed by atoms with Gasteiger partial charge in [0.25, 0.3) is 0 Å². The maximum Gasteiger partial charge on any atom is 0.323 e. The van der Waals surface area contributed by atoms with Crippen LogP contribution in [0.2, 0.25) is 0 Å². The summed E-state index contributed by atoms with van der Waals surface area (Å²) in [4.78, 5) is 12.9. The second-order valence-electron chi connectivity index (χ2n) is 3.34. The molecule has 0 atom stereocenters. The number of rotatable bonds is 2. The first-order valence-electron chi connectivity index (χ1n) is 4.98. The van der Waals surface area contributed by atoms with Crippen LogP contribution < -0.4 is 23.0 Å². The summed E-state index contributed by atoms with van der Waals surface area (Å²) in [6.07, 6.45) is 0. The van der Waals surface area contributed by atoms with Crippen LogP contribution in [0.3, 0.4) is 0 Å². The summed E-state index contributed by atoms with van der Waals surface area (Å²) in [6, 6.07) is 18.2. The third kappa shape index (κ3) is 2.98. The van der Waals surface area contributed by atoms with Gasteiger partial charge < -0.3 is 18.1 Å². The van der Waals surface area contributed by atoms with E-state index in [0.29, 0.717) is 0 Å². The molecule has 0 unspecified atom stereocenters. The minimum absolute atomic E-state index is 0. The molecular weight excluding hydrogens is 236 g/mol. The van der Waals surface area contributed by atoms with Gasteiger partial charge in [-0.05, 0) is 24.3 Å². The number of halogens is 1. The van der Waals surface area contributed by atoms with Gasteiger partial charge in [0, 0.05) is 0 Å². The number of anilines is 2. The molecule has 2 amide bonds. The Balaban J connectivity index is 0.00000144. The lowest BCUT2D eigenvalue weighted by molar-refractivity contribution is -0.00000640. The topological polar surface area (TPSA) is 46.3 Å². The maximum atomic E-state index is 11.4. The molecule has 2 rings (SSSR count). The number of hydrogen-bond acceptors (Lipinski definition) is 1. The van der Waals surface area contributed by atoms with E-state index >= 15 is 0 Å². The molecule has 0 aromatic heterocycles. The smallest absolute Gasteiger partial charge is 0.323 e. The lowest BCUT2D eigenvalue weighted by Crippen LogP contribution is -3.00. The highest BCUT2D eigenvalue weighted by Gasteiger charge is 2.13. The highest BCUT2D eigenvalue weighted by atomic mass is 35.5. The van der Waals surface area contributed by atoms with Crippen LogP contribution in [-0.4, -0.2) is 6.03 Å². The number of carbonyl (C=O) groups excluding carboxylic acids is 1. The van der Waals surface area contributed by atoms with Gasteiger partial charge in [0.1, 0.15) is 0 Å². The number of amides is 2. The zero-order valence-corrected chi connectivity index (χ0v) is 9.84. The van der Waals surface area contributed by atoms with Gasteiger partial charge in [-0.15, -0.1) is 0 Å². The molecule has 3 nitrogen and oxygen atoms in total. The second-order valence-corrected chi connectivity index (χ2v) is 3.34. The van der Waals surface area contributed by atoms with E-state index < -0.39 is 6.03 Å². The Morgan fingerprint density at radius 2 is 1.18 bits per heavy atom. The van der Waals surface area contributed by atoms with Crippen LogP contribution in [0.4, 0.5) is 16.2 Å². The van der Waals surface area contributed by atoms with E-state index in [1.54, 1.807) is 0 Å². The molecule has 0 saturated carbocycles. The molecule has 0 heterocycles. The summed E-state index contributed by atoms with van der Waals surface area (Å²) in [5.74, 6) is 0. The molecule has 2 N–H and O–H groups in total. The molecule has 4 heteroatoms. The monoisotopic (exact) mass is 247 g/mol. The van der Waals surface area contributed by atoms with Crippen LogP contribution in [0.1, 0.15) is 0 Å². The molecule has 0 aliphatic rings. The molecule has 0 bridgehead atoms. The second kappa shape index (κ2) is 5.92. The summed E-state index contributed by atoms with van der Waals surface area (Å²) in [5, 5.41) is 0. The summed E-state index contributed by atoms with van der Waals surface area (Å²) in [7, 11) is 0. The van der Waals surface area contributed by atoms with Crippen molar-refractivity contribution < 1.29 is 17.2 Å². The quantitative estimate of drug-likeness (QED) is 0.792. The first-order chi connectivity index (χ1) is 7.79. The van der Waals surface area contributed by atoms with E-state index in [-0.39, 0.29) is 12.4 Å². The van der Waals surface area contributed by atoms with E-state index in [2.05, 4.69) is 0 Å². The number of primary amides is 1. The van der Waals surface area contributed by atoms with Crippen molar-refractivity contribution in [3.05, 3.63) is 60.7 Å². The largest absolute Gasteiger partial charge is 1.00 e. The molecule has 2 aromatic rings. The molecule has 2 aromatic carbocycles. The Kier molecular flexibility index (Phi) is 4.55. The van der Waals surface area contributed by atoms with E-state index in [0.717, 1.165) is 11.4 Å². The van der Waals surface area contributed by atoms with Crippen molar-refractivity contribution in [1.82, 2.24) is 0 Å². The number of nitrogens with two attached hydrogens (primary N) is 1. The average molecular weight is 248 g/mol. The molecule has 0 aliphatic heterocycles. The predicted octanol–water partition coefficient (Wildman–Crippen LogP) is -0.0926. The molecule has 0 aliphatic carbocycles. The zero-order valence-electron chi connectivity index (χ0n) is 9.08. The number of hydrogen-bond donors (Lipinski definition) is 1. The lowest BCUT2D eigenvalue weighted by atomic mass is 10.2. The van der Waals surface area contributed by atoms with Crippen molar-refractivity contribution in [1.29, 1.82) is 0 Å². The van der Waals surface area contributed by atoms with Crippen molar-refractivity contribution in [2.45, 2.75) is 0 Å². The fourth-order valence-corrected chi connectivity index (χ4v) is 1.56. The molecule has 0 spiro atoms. The van der Waals surface area contributed by atoms with Gasteiger partial charge in [0.15, 0.2) is 0 Å².